The summed E-state index contributed by atoms with van der Waals surface area (Å²) in [6.07, 6.45) is 0.672. The Hall–Kier alpha value is -2.32. The maximum absolute atomic E-state index is 13.0. The van der Waals surface area contributed by atoms with Crippen LogP contribution in [0.1, 0.15) is 24.7 Å². The minimum Gasteiger partial charge on any atom is -0.465 e. The van der Waals surface area contributed by atoms with E-state index in [2.05, 4.69) is 10.1 Å². The van der Waals surface area contributed by atoms with Crippen molar-refractivity contribution in [1.29, 1.82) is 0 Å². The van der Waals surface area contributed by atoms with Crippen LogP contribution < -0.4 is 5.56 Å². The van der Waals surface area contributed by atoms with E-state index in [-0.39, 0.29) is 17.3 Å². The SMILES string of the molecule is CCOC(=O)CSc1nc2ccccc2c(=O)n1CCCn1nc(C)c(Cl)c1C. The van der Waals surface area contributed by atoms with Crippen LogP contribution in [-0.2, 0) is 22.6 Å². The number of ether oxygens (including phenoxy) is 1. The lowest BCUT2D eigenvalue weighted by Gasteiger charge is -2.13. The van der Waals surface area contributed by atoms with E-state index in [1.54, 1.807) is 23.6 Å². The molecule has 0 fully saturated rings. The van der Waals surface area contributed by atoms with Gasteiger partial charge in [-0.3, -0.25) is 18.8 Å². The number of halogens is 1. The summed E-state index contributed by atoms with van der Waals surface area (Å²) in [5, 5.41) is 6.16. The van der Waals surface area contributed by atoms with E-state index in [1.165, 1.54) is 11.8 Å². The van der Waals surface area contributed by atoms with E-state index < -0.39 is 0 Å². The largest absolute Gasteiger partial charge is 0.465 e. The summed E-state index contributed by atoms with van der Waals surface area (Å²) in [4.78, 5) is 29.4. The molecule has 29 heavy (non-hydrogen) atoms. The normalized spacial score (nSPS) is 11.2. The summed E-state index contributed by atoms with van der Waals surface area (Å²) in [7, 11) is 0. The average molecular weight is 435 g/mol. The van der Waals surface area contributed by atoms with Crippen molar-refractivity contribution in [2.75, 3.05) is 12.4 Å². The predicted molar refractivity (Wildman–Crippen MR) is 115 cm³/mol. The summed E-state index contributed by atoms with van der Waals surface area (Å²) in [6, 6.07) is 7.22. The lowest BCUT2D eigenvalue weighted by Crippen LogP contribution is -2.24. The van der Waals surface area contributed by atoms with E-state index in [4.69, 9.17) is 16.3 Å². The molecule has 1 aromatic carbocycles. The first kappa shape index (κ1) is 21.4. The highest BCUT2D eigenvalue weighted by molar-refractivity contribution is 7.99. The number of fused-ring (bicyclic) bond motifs is 1. The monoisotopic (exact) mass is 434 g/mol. The van der Waals surface area contributed by atoms with Gasteiger partial charge < -0.3 is 4.74 Å². The number of carbonyl (C=O) groups is 1. The van der Waals surface area contributed by atoms with Crippen LogP contribution in [0.3, 0.4) is 0 Å². The molecule has 0 bridgehead atoms. The number of hydrogen-bond donors (Lipinski definition) is 0. The Morgan fingerprint density at radius 3 is 2.69 bits per heavy atom. The van der Waals surface area contributed by atoms with E-state index in [0.717, 1.165) is 11.4 Å². The lowest BCUT2D eigenvalue weighted by molar-refractivity contribution is -0.139. The predicted octanol–water partition coefficient (Wildman–Crippen LogP) is 3.61. The fourth-order valence-electron chi connectivity index (χ4n) is 3.05. The molecule has 9 heteroatoms. The number of thioether (sulfide) groups is 1. The van der Waals surface area contributed by atoms with Gasteiger partial charge in [-0.05, 0) is 39.3 Å². The molecule has 0 spiro atoms. The molecule has 3 rings (SSSR count). The molecule has 0 aliphatic heterocycles. The van der Waals surface area contributed by atoms with Crippen molar-refractivity contribution >= 4 is 40.2 Å². The van der Waals surface area contributed by atoms with E-state index in [0.29, 0.717) is 47.2 Å². The zero-order valence-electron chi connectivity index (χ0n) is 16.6. The molecular weight excluding hydrogens is 412 g/mol. The number of aryl methyl sites for hydroxylation is 2. The van der Waals surface area contributed by atoms with Crippen molar-refractivity contribution in [3.63, 3.8) is 0 Å². The highest BCUT2D eigenvalue weighted by Crippen LogP contribution is 2.20. The van der Waals surface area contributed by atoms with Crippen LogP contribution in [0.4, 0.5) is 0 Å². The Kier molecular flexibility index (Phi) is 6.97. The number of esters is 1. The van der Waals surface area contributed by atoms with Gasteiger partial charge in [-0.2, -0.15) is 5.10 Å². The molecule has 2 aromatic heterocycles. The average Bonchev–Trinajstić information content (AvgIpc) is 2.95. The number of aromatic nitrogens is 4. The Morgan fingerprint density at radius 2 is 2.00 bits per heavy atom. The number of nitrogens with zero attached hydrogens (tertiary/aromatic N) is 4. The van der Waals surface area contributed by atoms with E-state index >= 15 is 0 Å². The van der Waals surface area contributed by atoms with Crippen LogP contribution >= 0.6 is 23.4 Å². The number of carbonyl (C=O) groups excluding carboxylic acids is 1. The Morgan fingerprint density at radius 1 is 1.24 bits per heavy atom. The van der Waals surface area contributed by atoms with Gasteiger partial charge in [-0.15, -0.1) is 0 Å². The third-order valence-electron chi connectivity index (χ3n) is 4.50. The van der Waals surface area contributed by atoms with Crippen LogP contribution in [0.15, 0.2) is 34.2 Å². The van der Waals surface area contributed by atoms with Crippen LogP contribution in [0, 0.1) is 13.8 Å². The Balaban J connectivity index is 1.84. The second kappa shape index (κ2) is 9.45. The quantitative estimate of drug-likeness (QED) is 0.306. The molecule has 0 atom stereocenters. The zero-order valence-corrected chi connectivity index (χ0v) is 18.2. The molecule has 0 aliphatic carbocycles. The van der Waals surface area contributed by atoms with Crippen molar-refractivity contribution < 1.29 is 9.53 Å². The van der Waals surface area contributed by atoms with Gasteiger partial charge in [-0.25, -0.2) is 4.98 Å². The summed E-state index contributed by atoms with van der Waals surface area (Å²) in [5.41, 5.74) is 2.20. The molecular formula is C20H23ClN4O3S. The van der Waals surface area contributed by atoms with Gasteiger partial charge >= 0.3 is 5.97 Å². The van der Waals surface area contributed by atoms with Crippen molar-refractivity contribution in [1.82, 2.24) is 19.3 Å². The fraction of sp³-hybridized carbons (Fsp3) is 0.400. The van der Waals surface area contributed by atoms with Crippen molar-refractivity contribution in [2.24, 2.45) is 0 Å². The second-order valence-electron chi connectivity index (χ2n) is 6.52. The van der Waals surface area contributed by atoms with Crippen LogP contribution in [0.25, 0.3) is 10.9 Å². The molecule has 0 amide bonds. The van der Waals surface area contributed by atoms with Crippen LogP contribution in [0.2, 0.25) is 5.02 Å². The summed E-state index contributed by atoms with van der Waals surface area (Å²) in [6.45, 7) is 6.96. The minimum absolute atomic E-state index is 0.103. The van der Waals surface area contributed by atoms with Crippen molar-refractivity contribution in [2.45, 2.75) is 45.4 Å². The lowest BCUT2D eigenvalue weighted by atomic mass is 10.2. The topological polar surface area (TPSA) is 79.0 Å². The molecule has 154 valence electrons. The third-order valence-corrected chi connectivity index (χ3v) is 5.99. The Labute approximate surface area is 178 Å². The smallest absolute Gasteiger partial charge is 0.316 e. The zero-order chi connectivity index (χ0) is 21.0. The third kappa shape index (κ3) is 4.82. The molecule has 0 radical (unpaired) electrons. The van der Waals surface area contributed by atoms with Gasteiger partial charge in [0.05, 0.1) is 39.7 Å². The minimum atomic E-state index is -0.330. The van der Waals surface area contributed by atoms with Gasteiger partial charge in [0.1, 0.15) is 0 Å². The second-order valence-corrected chi connectivity index (χ2v) is 7.84. The van der Waals surface area contributed by atoms with Crippen LogP contribution in [0.5, 0.6) is 0 Å². The number of benzene rings is 1. The van der Waals surface area contributed by atoms with Gasteiger partial charge in [0.15, 0.2) is 5.16 Å². The highest BCUT2D eigenvalue weighted by Gasteiger charge is 2.14. The molecule has 0 aliphatic rings. The first-order valence-electron chi connectivity index (χ1n) is 9.39. The molecule has 7 nitrogen and oxygen atoms in total. The number of para-hydroxylation sites is 1. The van der Waals surface area contributed by atoms with Gasteiger partial charge in [0, 0.05) is 13.1 Å². The molecule has 0 saturated carbocycles. The summed E-state index contributed by atoms with van der Waals surface area (Å²) in [5.74, 6) is -0.227. The molecule has 0 saturated heterocycles. The molecule has 3 aromatic rings. The summed E-state index contributed by atoms with van der Waals surface area (Å²) >= 11 is 7.42. The first-order chi connectivity index (χ1) is 13.9. The van der Waals surface area contributed by atoms with Crippen molar-refractivity contribution in [3.8, 4) is 0 Å². The highest BCUT2D eigenvalue weighted by atomic mass is 35.5. The van der Waals surface area contributed by atoms with E-state index in [1.807, 2.05) is 30.7 Å². The van der Waals surface area contributed by atoms with Gasteiger partial charge in [-0.1, -0.05) is 35.5 Å². The molecule has 0 N–H and O–H groups in total. The van der Waals surface area contributed by atoms with Gasteiger partial charge in [0.25, 0.3) is 5.56 Å². The summed E-state index contributed by atoms with van der Waals surface area (Å²) < 4.78 is 8.46. The standard InChI is InChI=1S/C20H23ClN4O3S/c1-4-28-17(26)12-29-20-22-16-9-6-5-8-15(16)19(27)24(20)10-7-11-25-14(3)18(21)13(2)23-25/h5-6,8-9H,4,7,10-12H2,1-3H3. The maximum Gasteiger partial charge on any atom is 0.316 e. The number of hydrogen-bond acceptors (Lipinski definition) is 6. The van der Waals surface area contributed by atoms with Crippen LogP contribution in [-0.4, -0.2) is 37.7 Å². The fourth-order valence-corrected chi connectivity index (χ4v) is 4.01. The Bertz CT molecular complexity index is 1090. The molecule has 2 heterocycles. The van der Waals surface area contributed by atoms with Crippen molar-refractivity contribution in [3.05, 3.63) is 51.0 Å². The first-order valence-corrected chi connectivity index (χ1v) is 10.8. The molecule has 0 unspecified atom stereocenters. The van der Waals surface area contributed by atoms with E-state index in [9.17, 15) is 9.59 Å². The van der Waals surface area contributed by atoms with Gasteiger partial charge in [0.2, 0.25) is 0 Å². The number of rotatable bonds is 8. The maximum atomic E-state index is 13.0.